The van der Waals surface area contributed by atoms with Gasteiger partial charge in [-0.2, -0.15) is 0 Å². The Morgan fingerprint density at radius 3 is 2.61 bits per heavy atom. The summed E-state index contributed by atoms with van der Waals surface area (Å²) in [5, 5.41) is 3.70. The molecule has 0 spiro atoms. The lowest BCUT2D eigenvalue weighted by atomic mass is 9.85. The third kappa shape index (κ3) is 2.72. The SMILES string of the molecule is Cc1ccc(OC2C[C@H]3CCC[C@@H](C2)N3)cc1Br. The zero-order valence-corrected chi connectivity index (χ0v) is 12.4. The quantitative estimate of drug-likeness (QED) is 0.897. The maximum atomic E-state index is 6.16. The molecule has 2 saturated heterocycles. The van der Waals surface area contributed by atoms with E-state index in [1.54, 1.807) is 0 Å². The van der Waals surface area contributed by atoms with Gasteiger partial charge >= 0.3 is 0 Å². The van der Waals surface area contributed by atoms with Crippen molar-refractivity contribution in [1.29, 1.82) is 0 Å². The van der Waals surface area contributed by atoms with E-state index >= 15 is 0 Å². The number of hydrogen-bond acceptors (Lipinski definition) is 2. The maximum Gasteiger partial charge on any atom is 0.120 e. The molecule has 18 heavy (non-hydrogen) atoms. The van der Waals surface area contributed by atoms with Gasteiger partial charge in [0.2, 0.25) is 0 Å². The molecule has 2 heterocycles. The normalized spacial score (nSPS) is 31.1. The molecule has 0 aromatic heterocycles. The Kier molecular flexibility index (Phi) is 3.62. The number of rotatable bonds is 2. The highest BCUT2D eigenvalue weighted by Gasteiger charge is 2.32. The molecule has 2 fully saturated rings. The van der Waals surface area contributed by atoms with Crippen LogP contribution in [0.5, 0.6) is 5.75 Å². The predicted molar refractivity (Wildman–Crippen MR) is 77.1 cm³/mol. The first-order valence-electron chi connectivity index (χ1n) is 6.89. The van der Waals surface area contributed by atoms with Gasteiger partial charge in [-0.15, -0.1) is 0 Å². The van der Waals surface area contributed by atoms with Crippen LogP contribution in [-0.4, -0.2) is 18.2 Å². The molecule has 3 heteroatoms. The fourth-order valence-corrected chi connectivity index (χ4v) is 3.51. The number of hydrogen-bond donors (Lipinski definition) is 1. The second-order valence-electron chi connectivity index (χ2n) is 5.61. The van der Waals surface area contributed by atoms with E-state index in [2.05, 4.69) is 46.4 Å². The van der Waals surface area contributed by atoms with Crippen LogP contribution in [0.15, 0.2) is 22.7 Å². The van der Waals surface area contributed by atoms with Crippen molar-refractivity contribution < 1.29 is 4.74 Å². The summed E-state index contributed by atoms with van der Waals surface area (Å²) < 4.78 is 7.29. The van der Waals surface area contributed by atoms with E-state index in [1.807, 2.05) is 0 Å². The van der Waals surface area contributed by atoms with Gasteiger partial charge in [-0.1, -0.05) is 28.4 Å². The Bertz CT molecular complexity index is 423. The molecular weight excluding hydrogens is 290 g/mol. The highest BCUT2D eigenvalue weighted by molar-refractivity contribution is 9.10. The molecule has 1 unspecified atom stereocenters. The molecule has 0 amide bonds. The van der Waals surface area contributed by atoms with Gasteiger partial charge in [0.1, 0.15) is 11.9 Å². The third-order valence-electron chi connectivity index (χ3n) is 4.12. The Morgan fingerprint density at radius 1 is 1.22 bits per heavy atom. The summed E-state index contributed by atoms with van der Waals surface area (Å²) in [5.41, 5.74) is 1.25. The fourth-order valence-electron chi connectivity index (χ4n) is 3.15. The Morgan fingerprint density at radius 2 is 1.94 bits per heavy atom. The summed E-state index contributed by atoms with van der Waals surface area (Å²) in [7, 11) is 0. The van der Waals surface area contributed by atoms with Crippen molar-refractivity contribution in [3.8, 4) is 5.75 Å². The van der Waals surface area contributed by atoms with E-state index < -0.39 is 0 Å². The first kappa shape index (κ1) is 12.5. The van der Waals surface area contributed by atoms with Gasteiger partial charge in [0.25, 0.3) is 0 Å². The molecular formula is C15H20BrNO. The first-order valence-corrected chi connectivity index (χ1v) is 7.69. The summed E-state index contributed by atoms with van der Waals surface area (Å²) in [4.78, 5) is 0. The van der Waals surface area contributed by atoms with Crippen LogP contribution in [0, 0.1) is 6.92 Å². The van der Waals surface area contributed by atoms with Crippen molar-refractivity contribution in [2.24, 2.45) is 0 Å². The maximum absolute atomic E-state index is 6.16. The average molecular weight is 310 g/mol. The second-order valence-corrected chi connectivity index (χ2v) is 6.47. The molecule has 3 rings (SSSR count). The Labute approximate surface area is 117 Å². The molecule has 2 aliphatic rings. The van der Waals surface area contributed by atoms with Gasteiger partial charge in [-0.3, -0.25) is 0 Å². The van der Waals surface area contributed by atoms with E-state index in [0.29, 0.717) is 18.2 Å². The van der Waals surface area contributed by atoms with Crippen LogP contribution in [0.25, 0.3) is 0 Å². The average Bonchev–Trinajstić information content (AvgIpc) is 2.33. The highest BCUT2D eigenvalue weighted by Crippen LogP contribution is 2.30. The van der Waals surface area contributed by atoms with Crippen molar-refractivity contribution in [3.05, 3.63) is 28.2 Å². The monoisotopic (exact) mass is 309 g/mol. The standard InChI is InChI=1S/C15H20BrNO/c1-10-5-6-13(9-15(10)16)18-14-7-11-3-2-4-12(8-14)17-11/h5-6,9,11-12,14,17H,2-4,7-8H2,1H3/t11-,12+,14?. The van der Waals surface area contributed by atoms with E-state index in [1.165, 1.54) is 24.8 Å². The zero-order valence-electron chi connectivity index (χ0n) is 10.8. The van der Waals surface area contributed by atoms with Crippen LogP contribution in [0.2, 0.25) is 0 Å². The minimum Gasteiger partial charge on any atom is -0.490 e. The van der Waals surface area contributed by atoms with Gasteiger partial charge in [-0.05, 0) is 50.3 Å². The number of nitrogens with one attached hydrogen (secondary N) is 1. The fraction of sp³-hybridized carbons (Fsp3) is 0.600. The van der Waals surface area contributed by atoms with E-state index in [-0.39, 0.29) is 0 Å². The molecule has 2 aliphatic heterocycles. The summed E-state index contributed by atoms with van der Waals surface area (Å²) in [5.74, 6) is 0.998. The van der Waals surface area contributed by atoms with Crippen molar-refractivity contribution in [3.63, 3.8) is 0 Å². The molecule has 2 nitrogen and oxygen atoms in total. The van der Waals surface area contributed by atoms with Crippen molar-refractivity contribution >= 4 is 15.9 Å². The van der Waals surface area contributed by atoms with Gasteiger partial charge < -0.3 is 10.1 Å². The lowest BCUT2D eigenvalue weighted by molar-refractivity contribution is 0.0927. The summed E-state index contributed by atoms with van der Waals surface area (Å²) >= 11 is 3.57. The van der Waals surface area contributed by atoms with Gasteiger partial charge in [0.15, 0.2) is 0 Å². The largest absolute Gasteiger partial charge is 0.490 e. The Balaban J connectivity index is 1.67. The van der Waals surface area contributed by atoms with Crippen LogP contribution in [0.3, 0.4) is 0 Å². The van der Waals surface area contributed by atoms with Crippen LogP contribution >= 0.6 is 15.9 Å². The number of fused-ring (bicyclic) bond motifs is 2. The van der Waals surface area contributed by atoms with Crippen LogP contribution in [-0.2, 0) is 0 Å². The zero-order chi connectivity index (χ0) is 12.5. The van der Waals surface area contributed by atoms with E-state index in [9.17, 15) is 0 Å². The molecule has 0 aliphatic carbocycles. The van der Waals surface area contributed by atoms with Crippen molar-refractivity contribution in [2.45, 2.75) is 57.2 Å². The van der Waals surface area contributed by atoms with Gasteiger partial charge in [-0.25, -0.2) is 0 Å². The topological polar surface area (TPSA) is 21.3 Å². The number of halogens is 1. The van der Waals surface area contributed by atoms with Crippen molar-refractivity contribution in [2.75, 3.05) is 0 Å². The molecule has 2 bridgehead atoms. The van der Waals surface area contributed by atoms with Gasteiger partial charge in [0, 0.05) is 16.6 Å². The van der Waals surface area contributed by atoms with Gasteiger partial charge in [0.05, 0.1) is 0 Å². The minimum atomic E-state index is 0.385. The van der Waals surface area contributed by atoms with Crippen LogP contribution < -0.4 is 10.1 Å². The van der Waals surface area contributed by atoms with Crippen LogP contribution in [0.1, 0.15) is 37.7 Å². The smallest absolute Gasteiger partial charge is 0.120 e. The lowest BCUT2D eigenvalue weighted by Gasteiger charge is -2.40. The molecule has 0 radical (unpaired) electrons. The van der Waals surface area contributed by atoms with E-state index in [0.717, 1.165) is 23.1 Å². The predicted octanol–water partition coefficient (Wildman–Crippen LogP) is 3.81. The Hall–Kier alpha value is -0.540. The van der Waals surface area contributed by atoms with Crippen molar-refractivity contribution in [1.82, 2.24) is 5.32 Å². The summed E-state index contributed by atoms with van der Waals surface area (Å²) in [6.07, 6.45) is 6.70. The number of aryl methyl sites for hydroxylation is 1. The van der Waals surface area contributed by atoms with Crippen LogP contribution in [0.4, 0.5) is 0 Å². The highest BCUT2D eigenvalue weighted by atomic mass is 79.9. The first-order chi connectivity index (χ1) is 8.70. The number of piperidine rings is 2. The lowest BCUT2D eigenvalue weighted by Crippen LogP contribution is -2.51. The molecule has 98 valence electrons. The molecule has 3 atom stereocenters. The summed E-state index contributed by atoms with van der Waals surface area (Å²) in [6, 6.07) is 7.64. The van der Waals surface area contributed by atoms with E-state index in [4.69, 9.17) is 4.74 Å². The summed E-state index contributed by atoms with van der Waals surface area (Å²) in [6.45, 7) is 2.10. The third-order valence-corrected chi connectivity index (χ3v) is 4.97. The molecule has 1 aromatic carbocycles. The molecule has 0 saturated carbocycles. The number of benzene rings is 1. The number of ether oxygens (including phenoxy) is 1. The minimum absolute atomic E-state index is 0.385. The second kappa shape index (κ2) is 5.22. The molecule has 1 N–H and O–H groups in total. The molecule has 1 aromatic rings.